The third-order valence-corrected chi connectivity index (χ3v) is 5.22. The van der Waals surface area contributed by atoms with Gasteiger partial charge < -0.3 is 10.2 Å². The number of halogens is 2. The van der Waals surface area contributed by atoms with Gasteiger partial charge in [0.2, 0.25) is 5.91 Å². The molecule has 4 aromatic carbocycles. The van der Waals surface area contributed by atoms with Crippen LogP contribution < -0.4 is 10.2 Å². The van der Waals surface area contributed by atoms with E-state index in [1.54, 1.807) is 36.4 Å². The molecule has 170 valence electrons. The summed E-state index contributed by atoms with van der Waals surface area (Å²) in [6.07, 6.45) is 0.164. The number of para-hydroxylation sites is 1. The van der Waals surface area contributed by atoms with Crippen molar-refractivity contribution in [2.45, 2.75) is 13.0 Å². The highest BCUT2D eigenvalue weighted by Crippen LogP contribution is 2.22. The lowest BCUT2D eigenvalue weighted by atomic mass is 10.1. The van der Waals surface area contributed by atoms with Crippen LogP contribution >= 0.6 is 0 Å². The van der Waals surface area contributed by atoms with Gasteiger partial charge in [-0.25, -0.2) is 8.78 Å². The molecule has 0 atom stereocenters. The van der Waals surface area contributed by atoms with Gasteiger partial charge in [0.1, 0.15) is 11.6 Å². The molecule has 0 aromatic heterocycles. The molecule has 2 amide bonds. The summed E-state index contributed by atoms with van der Waals surface area (Å²) in [7, 11) is 0. The number of carbonyl (C=O) groups excluding carboxylic acids is 2. The first-order valence-corrected chi connectivity index (χ1v) is 10.7. The molecule has 0 spiro atoms. The van der Waals surface area contributed by atoms with Gasteiger partial charge in [-0.1, -0.05) is 48.5 Å². The molecule has 0 heterocycles. The average molecular weight is 456 g/mol. The van der Waals surface area contributed by atoms with E-state index in [1.807, 2.05) is 30.3 Å². The maximum atomic E-state index is 13.7. The molecule has 0 fully saturated rings. The van der Waals surface area contributed by atoms with E-state index >= 15 is 0 Å². The zero-order valence-corrected chi connectivity index (χ0v) is 18.2. The molecule has 4 aromatic rings. The fourth-order valence-corrected chi connectivity index (χ4v) is 3.58. The Morgan fingerprint density at radius 2 is 1.38 bits per heavy atom. The van der Waals surface area contributed by atoms with E-state index in [0.29, 0.717) is 16.9 Å². The number of benzene rings is 4. The molecular weight excluding hydrogens is 434 g/mol. The molecule has 0 unspecified atom stereocenters. The highest BCUT2D eigenvalue weighted by atomic mass is 19.1. The van der Waals surface area contributed by atoms with Crippen molar-refractivity contribution < 1.29 is 18.4 Å². The van der Waals surface area contributed by atoms with E-state index in [2.05, 4.69) is 5.32 Å². The molecule has 0 saturated carbocycles. The topological polar surface area (TPSA) is 49.4 Å². The van der Waals surface area contributed by atoms with E-state index in [1.165, 1.54) is 41.3 Å². The number of rotatable bonds is 7. The van der Waals surface area contributed by atoms with Gasteiger partial charge in [0.05, 0.1) is 13.0 Å². The minimum absolute atomic E-state index is 0.0982. The molecule has 4 rings (SSSR count). The molecule has 34 heavy (non-hydrogen) atoms. The summed E-state index contributed by atoms with van der Waals surface area (Å²) in [5.74, 6) is -1.50. The van der Waals surface area contributed by atoms with Crippen LogP contribution in [0.5, 0.6) is 0 Å². The van der Waals surface area contributed by atoms with Crippen molar-refractivity contribution in [2.75, 3.05) is 10.2 Å². The lowest BCUT2D eigenvalue weighted by Crippen LogP contribution is -2.30. The van der Waals surface area contributed by atoms with Gasteiger partial charge in [-0.3, -0.25) is 9.59 Å². The lowest BCUT2D eigenvalue weighted by molar-refractivity contribution is -0.115. The Morgan fingerprint density at radius 3 is 2.06 bits per heavy atom. The Labute approximate surface area is 196 Å². The summed E-state index contributed by atoms with van der Waals surface area (Å²) in [6, 6.07) is 27.6. The van der Waals surface area contributed by atoms with Crippen LogP contribution in [0.25, 0.3) is 0 Å². The fourth-order valence-electron chi connectivity index (χ4n) is 3.58. The van der Waals surface area contributed by atoms with Crippen molar-refractivity contribution in [2.24, 2.45) is 0 Å². The minimum atomic E-state index is -0.517. The first kappa shape index (κ1) is 22.9. The molecule has 1 N–H and O–H groups in total. The Kier molecular flexibility index (Phi) is 7.08. The number of nitrogens with one attached hydrogen (secondary N) is 1. The summed E-state index contributed by atoms with van der Waals surface area (Å²) in [6.45, 7) is 0.0982. The molecule has 0 radical (unpaired) electrons. The average Bonchev–Trinajstić information content (AvgIpc) is 2.83. The number of nitrogens with zero attached hydrogens (tertiary/aromatic N) is 1. The lowest BCUT2D eigenvalue weighted by Gasteiger charge is -2.23. The first-order valence-electron chi connectivity index (χ1n) is 10.7. The SMILES string of the molecule is O=C(Cc1ccc(N(Cc2cccc(F)c2)C(=O)c2cccc(F)c2)cc1)Nc1ccccc1. The van der Waals surface area contributed by atoms with E-state index in [-0.39, 0.29) is 24.4 Å². The summed E-state index contributed by atoms with van der Waals surface area (Å²) in [5, 5.41) is 2.84. The van der Waals surface area contributed by atoms with E-state index in [4.69, 9.17) is 0 Å². The van der Waals surface area contributed by atoms with E-state index < -0.39 is 17.5 Å². The Balaban J connectivity index is 1.55. The maximum Gasteiger partial charge on any atom is 0.258 e. The quantitative estimate of drug-likeness (QED) is 0.371. The molecule has 0 bridgehead atoms. The van der Waals surface area contributed by atoms with E-state index in [9.17, 15) is 18.4 Å². The van der Waals surface area contributed by atoms with Crippen molar-refractivity contribution in [3.8, 4) is 0 Å². The van der Waals surface area contributed by atoms with Crippen LogP contribution in [0, 0.1) is 11.6 Å². The van der Waals surface area contributed by atoms with Gasteiger partial charge in [-0.05, 0) is 65.7 Å². The van der Waals surface area contributed by atoms with Crippen LogP contribution in [0.1, 0.15) is 21.5 Å². The highest BCUT2D eigenvalue weighted by Gasteiger charge is 2.19. The van der Waals surface area contributed by atoms with Gasteiger partial charge >= 0.3 is 0 Å². The maximum absolute atomic E-state index is 13.7. The largest absolute Gasteiger partial charge is 0.326 e. The molecular formula is C28H22F2N2O2. The Bertz CT molecular complexity index is 1290. The third kappa shape index (κ3) is 5.92. The molecule has 0 aliphatic rings. The predicted molar refractivity (Wildman–Crippen MR) is 129 cm³/mol. The van der Waals surface area contributed by atoms with Gasteiger partial charge in [0, 0.05) is 16.9 Å². The minimum Gasteiger partial charge on any atom is -0.326 e. The molecule has 0 aliphatic heterocycles. The molecule has 4 nitrogen and oxygen atoms in total. The van der Waals surface area contributed by atoms with Crippen molar-refractivity contribution in [3.63, 3.8) is 0 Å². The van der Waals surface area contributed by atoms with Crippen LogP contribution in [0.4, 0.5) is 20.2 Å². The van der Waals surface area contributed by atoms with Gasteiger partial charge in [0.15, 0.2) is 0 Å². The zero-order valence-electron chi connectivity index (χ0n) is 18.2. The standard InChI is InChI=1S/C28H22F2N2O2/c29-23-8-4-6-21(16-23)19-32(28(34)22-7-5-9-24(30)18-22)26-14-12-20(13-15-26)17-27(33)31-25-10-2-1-3-11-25/h1-16,18H,17,19H2,(H,31,33). The van der Waals surface area contributed by atoms with Crippen LogP contribution in [0.2, 0.25) is 0 Å². The normalized spacial score (nSPS) is 10.5. The second kappa shape index (κ2) is 10.5. The summed E-state index contributed by atoms with van der Waals surface area (Å²) in [5.41, 5.74) is 2.80. The number of anilines is 2. The van der Waals surface area contributed by atoms with Crippen molar-refractivity contribution >= 4 is 23.2 Å². The Morgan fingerprint density at radius 1 is 0.706 bits per heavy atom. The van der Waals surface area contributed by atoms with Crippen LogP contribution in [-0.4, -0.2) is 11.8 Å². The van der Waals surface area contributed by atoms with Crippen LogP contribution in [0.3, 0.4) is 0 Å². The number of hydrogen-bond acceptors (Lipinski definition) is 2. The summed E-state index contributed by atoms with van der Waals surface area (Å²) >= 11 is 0. The third-order valence-electron chi connectivity index (χ3n) is 5.22. The fraction of sp³-hybridized carbons (Fsp3) is 0.0714. The zero-order chi connectivity index (χ0) is 23.9. The van der Waals surface area contributed by atoms with Crippen molar-refractivity contribution in [1.29, 1.82) is 0 Å². The molecule has 0 saturated heterocycles. The second-order valence-corrected chi connectivity index (χ2v) is 7.79. The van der Waals surface area contributed by atoms with Crippen LogP contribution in [0.15, 0.2) is 103 Å². The highest BCUT2D eigenvalue weighted by molar-refractivity contribution is 6.06. The predicted octanol–water partition coefficient (Wildman–Crippen LogP) is 5.99. The number of carbonyl (C=O) groups is 2. The van der Waals surface area contributed by atoms with Crippen molar-refractivity contribution in [1.82, 2.24) is 0 Å². The van der Waals surface area contributed by atoms with Crippen molar-refractivity contribution in [3.05, 3.63) is 131 Å². The second-order valence-electron chi connectivity index (χ2n) is 7.79. The number of amides is 2. The monoisotopic (exact) mass is 456 g/mol. The molecule has 6 heteroatoms. The smallest absolute Gasteiger partial charge is 0.258 e. The summed E-state index contributed by atoms with van der Waals surface area (Å²) in [4.78, 5) is 27.1. The van der Waals surface area contributed by atoms with Gasteiger partial charge in [-0.2, -0.15) is 0 Å². The van der Waals surface area contributed by atoms with Gasteiger partial charge in [-0.15, -0.1) is 0 Å². The summed E-state index contributed by atoms with van der Waals surface area (Å²) < 4.78 is 27.5. The van der Waals surface area contributed by atoms with Gasteiger partial charge in [0.25, 0.3) is 5.91 Å². The molecule has 0 aliphatic carbocycles. The van der Waals surface area contributed by atoms with Crippen LogP contribution in [-0.2, 0) is 17.8 Å². The first-order chi connectivity index (χ1) is 16.5. The Hall–Kier alpha value is -4.32. The van der Waals surface area contributed by atoms with E-state index in [0.717, 1.165) is 5.56 Å². The number of hydrogen-bond donors (Lipinski definition) is 1.